The minimum absolute atomic E-state index is 0.170. The van der Waals surface area contributed by atoms with E-state index >= 15 is 0 Å². The predicted molar refractivity (Wildman–Crippen MR) is 111 cm³/mol. The van der Waals surface area contributed by atoms with Crippen LogP contribution in [-0.4, -0.2) is 75.1 Å². The van der Waals surface area contributed by atoms with Gasteiger partial charge in [0.2, 0.25) is 5.95 Å². The first-order valence-electron chi connectivity index (χ1n) is 9.95. The van der Waals surface area contributed by atoms with Crippen molar-refractivity contribution in [2.24, 2.45) is 5.92 Å². The quantitative estimate of drug-likeness (QED) is 0.569. The number of carboxylic acid groups (broad SMARTS) is 1. The highest BCUT2D eigenvalue weighted by atomic mass is 16.4. The summed E-state index contributed by atoms with van der Waals surface area (Å²) in [4.78, 5) is 48.9. The zero-order valence-electron chi connectivity index (χ0n) is 17.8. The molecule has 30 heavy (non-hydrogen) atoms. The molecule has 4 amide bonds. The predicted octanol–water partition coefficient (Wildman–Crippen LogP) is 1.99. The van der Waals surface area contributed by atoms with E-state index in [9.17, 15) is 19.5 Å². The second-order valence-electron chi connectivity index (χ2n) is 8.65. The largest absolute Gasteiger partial charge is 0.465 e. The number of urea groups is 1. The second kappa shape index (κ2) is 8.29. The Balaban J connectivity index is 1.75. The number of hydrogen-bond donors (Lipinski definition) is 2. The van der Waals surface area contributed by atoms with Crippen molar-refractivity contribution in [3.63, 3.8) is 0 Å². The van der Waals surface area contributed by atoms with Gasteiger partial charge in [0.1, 0.15) is 5.70 Å². The van der Waals surface area contributed by atoms with Gasteiger partial charge < -0.3 is 14.9 Å². The van der Waals surface area contributed by atoms with Gasteiger partial charge in [-0.25, -0.2) is 19.6 Å². The lowest BCUT2D eigenvalue weighted by Crippen LogP contribution is -2.50. The first kappa shape index (κ1) is 21.5. The lowest BCUT2D eigenvalue weighted by molar-refractivity contribution is -0.115. The molecule has 3 heterocycles. The summed E-state index contributed by atoms with van der Waals surface area (Å²) >= 11 is 0. The van der Waals surface area contributed by atoms with Gasteiger partial charge >= 0.3 is 12.1 Å². The summed E-state index contributed by atoms with van der Waals surface area (Å²) in [5, 5.41) is 11.8. The number of rotatable bonds is 4. The number of amides is 4. The Bertz CT molecular complexity index is 878. The molecule has 0 aromatic carbocycles. The first-order chi connectivity index (χ1) is 14.1. The van der Waals surface area contributed by atoms with E-state index in [0.29, 0.717) is 24.7 Å². The molecular formula is C20H28N6O4. The lowest BCUT2D eigenvalue weighted by Gasteiger charge is -2.39. The lowest BCUT2D eigenvalue weighted by atomic mass is 9.95. The number of carbonyl (C=O) groups is 3. The molecule has 10 heteroatoms. The number of piperidine rings is 1. The molecule has 1 atom stereocenters. The molecule has 1 aromatic rings. The first-order valence-corrected chi connectivity index (χ1v) is 9.95. The highest BCUT2D eigenvalue weighted by Gasteiger charge is 2.32. The van der Waals surface area contributed by atoms with Gasteiger partial charge in [-0.3, -0.25) is 15.0 Å². The zero-order valence-corrected chi connectivity index (χ0v) is 17.8. The van der Waals surface area contributed by atoms with E-state index in [2.05, 4.69) is 15.3 Å². The normalized spacial score (nSPS) is 21.2. The van der Waals surface area contributed by atoms with Crippen molar-refractivity contribution in [3.05, 3.63) is 23.7 Å². The van der Waals surface area contributed by atoms with Crippen LogP contribution in [0.4, 0.5) is 15.5 Å². The molecule has 2 N–H and O–H groups in total. The molecule has 2 saturated heterocycles. The summed E-state index contributed by atoms with van der Waals surface area (Å²) in [6.07, 6.45) is 4.10. The van der Waals surface area contributed by atoms with Crippen LogP contribution in [0.5, 0.6) is 0 Å². The Morgan fingerprint density at radius 3 is 2.73 bits per heavy atom. The molecule has 3 rings (SSSR count). The number of nitrogens with one attached hydrogen (secondary N) is 1. The molecule has 0 radical (unpaired) electrons. The Morgan fingerprint density at radius 1 is 1.40 bits per heavy atom. The van der Waals surface area contributed by atoms with Gasteiger partial charge in [-0.2, -0.15) is 0 Å². The third-order valence-electron chi connectivity index (χ3n) is 5.35. The standard InChI is InChI=1S/C20H28N6O4/c1-20(2,3)26(19(29)30)12-13-6-5-9-25(11-13)17-21-8-7-14(22-17)10-15-16(27)23-18(28)24(15)4/h7-8,10,13H,5-6,9,11-12H2,1-4H3,(H,29,30)(H,23,27,28). The van der Waals surface area contributed by atoms with E-state index in [4.69, 9.17) is 0 Å². The minimum atomic E-state index is -0.919. The van der Waals surface area contributed by atoms with Crippen LogP contribution in [0, 0.1) is 5.92 Å². The van der Waals surface area contributed by atoms with Crippen LogP contribution in [0.15, 0.2) is 18.0 Å². The fourth-order valence-electron chi connectivity index (χ4n) is 3.70. The van der Waals surface area contributed by atoms with Crippen LogP contribution in [0.1, 0.15) is 39.3 Å². The number of likely N-dealkylation sites (N-methyl/N-ethyl adjacent to an activating group) is 1. The Morgan fingerprint density at radius 2 is 2.13 bits per heavy atom. The molecule has 10 nitrogen and oxygen atoms in total. The van der Waals surface area contributed by atoms with Crippen molar-refractivity contribution in [2.45, 2.75) is 39.2 Å². The molecule has 2 fully saturated rings. The molecule has 0 bridgehead atoms. The van der Waals surface area contributed by atoms with Gasteiger partial charge in [0.15, 0.2) is 0 Å². The molecule has 2 aliphatic rings. The molecule has 1 aromatic heterocycles. The maximum Gasteiger partial charge on any atom is 0.407 e. The minimum Gasteiger partial charge on any atom is -0.465 e. The van der Waals surface area contributed by atoms with Gasteiger partial charge in [-0.05, 0) is 51.7 Å². The van der Waals surface area contributed by atoms with Crippen molar-refractivity contribution in [2.75, 3.05) is 31.6 Å². The van der Waals surface area contributed by atoms with Crippen molar-refractivity contribution >= 4 is 30.1 Å². The Hall–Kier alpha value is -3.17. The summed E-state index contributed by atoms with van der Waals surface area (Å²) in [5.74, 6) is 0.236. The number of hydrogen-bond acceptors (Lipinski definition) is 6. The third-order valence-corrected chi connectivity index (χ3v) is 5.35. The van der Waals surface area contributed by atoms with Gasteiger partial charge in [0, 0.05) is 38.4 Å². The van der Waals surface area contributed by atoms with E-state index in [1.807, 2.05) is 25.7 Å². The molecule has 0 aliphatic carbocycles. The fraction of sp³-hybridized carbons (Fsp3) is 0.550. The molecular weight excluding hydrogens is 388 g/mol. The van der Waals surface area contributed by atoms with Gasteiger partial charge in [0.25, 0.3) is 5.91 Å². The summed E-state index contributed by atoms with van der Waals surface area (Å²) < 4.78 is 0. The third kappa shape index (κ3) is 4.69. The van der Waals surface area contributed by atoms with E-state index in [1.165, 1.54) is 16.8 Å². The van der Waals surface area contributed by atoms with Crippen LogP contribution in [-0.2, 0) is 4.79 Å². The van der Waals surface area contributed by atoms with E-state index in [1.54, 1.807) is 18.3 Å². The Labute approximate surface area is 175 Å². The molecule has 162 valence electrons. The number of nitrogens with zero attached hydrogens (tertiary/aromatic N) is 5. The van der Waals surface area contributed by atoms with Crippen molar-refractivity contribution in [1.29, 1.82) is 0 Å². The number of anilines is 1. The number of carbonyl (C=O) groups excluding carboxylic acids is 2. The monoisotopic (exact) mass is 416 g/mol. The molecule has 0 spiro atoms. The summed E-state index contributed by atoms with van der Waals surface area (Å²) in [5.41, 5.74) is 0.279. The average Bonchev–Trinajstić information content (AvgIpc) is 2.91. The fourth-order valence-corrected chi connectivity index (χ4v) is 3.70. The second-order valence-corrected chi connectivity index (χ2v) is 8.65. The maximum absolute atomic E-state index is 11.9. The van der Waals surface area contributed by atoms with Crippen LogP contribution < -0.4 is 10.2 Å². The maximum atomic E-state index is 11.9. The highest BCUT2D eigenvalue weighted by molar-refractivity contribution is 6.13. The van der Waals surface area contributed by atoms with Crippen molar-refractivity contribution in [1.82, 2.24) is 25.1 Å². The van der Waals surface area contributed by atoms with Crippen molar-refractivity contribution in [3.8, 4) is 0 Å². The smallest absolute Gasteiger partial charge is 0.407 e. The Kier molecular flexibility index (Phi) is 5.95. The van der Waals surface area contributed by atoms with E-state index < -0.39 is 23.6 Å². The van der Waals surface area contributed by atoms with E-state index in [-0.39, 0.29) is 11.6 Å². The van der Waals surface area contributed by atoms with Crippen LogP contribution in [0.2, 0.25) is 0 Å². The van der Waals surface area contributed by atoms with Gasteiger partial charge in [0.05, 0.1) is 5.69 Å². The highest BCUT2D eigenvalue weighted by Crippen LogP contribution is 2.25. The van der Waals surface area contributed by atoms with Gasteiger partial charge in [-0.1, -0.05) is 0 Å². The molecule has 0 saturated carbocycles. The van der Waals surface area contributed by atoms with Crippen LogP contribution >= 0.6 is 0 Å². The average molecular weight is 416 g/mol. The summed E-state index contributed by atoms with van der Waals surface area (Å²) in [6.45, 7) is 7.55. The topological polar surface area (TPSA) is 119 Å². The number of imide groups is 1. The van der Waals surface area contributed by atoms with Crippen LogP contribution in [0.3, 0.4) is 0 Å². The molecule has 2 aliphatic heterocycles. The van der Waals surface area contributed by atoms with Gasteiger partial charge in [-0.15, -0.1) is 0 Å². The summed E-state index contributed by atoms with van der Waals surface area (Å²) in [6, 6.07) is 1.20. The van der Waals surface area contributed by atoms with Crippen LogP contribution in [0.25, 0.3) is 6.08 Å². The zero-order chi connectivity index (χ0) is 22.1. The number of aromatic nitrogens is 2. The SMILES string of the molecule is CN1C(=O)NC(=O)C1=Cc1ccnc(N2CCCC(CN(C(=O)O)C(C)(C)C)C2)n1. The summed E-state index contributed by atoms with van der Waals surface area (Å²) in [7, 11) is 1.52. The molecule has 1 unspecified atom stereocenters. The van der Waals surface area contributed by atoms with Crippen molar-refractivity contribution < 1.29 is 19.5 Å². The van der Waals surface area contributed by atoms with E-state index in [0.717, 1.165) is 19.4 Å².